The number of alkyl halides is 3. The van der Waals surface area contributed by atoms with E-state index in [0.29, 0.717) is 31.2 Å². The van der Waals surface area contributed by atoms with Gasteiger partial charge in [-0.1, -0.05) is 19.1 Å². The van der Waals surface area contributed by atoms with Crippen LogP contribution >= 0.6 is 12.2 Å². The summed E-state index contributed by atoms with van der Waals surface area (Å²) in [6, 6.07) is 0.0428. The number of halogens is 3. The van der Waals surface area contributed by atoms with Crippen LogP contribution in [0.5, 0.6) is 0 Å². The number of nitrogens with two attached hydrogens (primary N) is 1. The van der Waals surface area contributed by atoms with Crippen molar-refractivity contribution in [3.63, 3.8) is 0 Å². The number of hydrogen-bond donors (Lipinski definition) is 2. The van der Waals surface area contributed by atoms with E-state index < -0.39 is 18.6 Å². The van der Waals surface area contributed by atoms with E-state index >= 15 is 0 Å². The number of nitrogens with one attached hydrogen (secondary N) is 1. The third kappa shape index (κ3) is 6.58. The summed E-state index contributed by atoms with van der Waals surface area (Å²) in [5.74, 6) is -0.609. The molecular formula is C12H21F3N4OS. The molecule has 122 valence electrons. The number of piperazine rings is 1. The van der Waals surface area contributed by atoms with E-state index in [-0.39, 0.29) is 12.6 Å². The Morgan fingerprint density at radius 3 is 2.33 bits per heavy atom. The SMILES string of the molecule is CCC(C(N)=S)N1CCN(CC(=O)NCC(F)(F)F)CC1. The Balaban J connectivity index is 2.33. The zero-order valence-electron chi connectivity index (χ0n) is 11.9. The van der Waals surface area contributed by atoms with Gasteiger partial charge in [-0.3, -0.25) is 14.6 Å². The molecule has 0 spiro atoms. The van der Waals surface area contributed by atoms with Crippen LogP contribution in [-0.4, -0.2) is 72.2 Å². The molecular weight excluding hydrogens is 305 g/mol. The summed E-state index contributed by atoms with van der Waals surface area (Å²) in [7, 11) is 0. The monoisotopic (exact) mass is 326 g/mol. The van der Waals surface area contributed by atoms with E-state index in [9.17, 15) is 18.0 Å². The van der Waals surface area contributed by atoms with Crippen LogP contribution < -0.4 is 11.1 Å². The molecule has 1 saturated heterocycles. The van der Waals surface area contributed by atoms with Gasteiger partial charge >= 0.3 is 6.18 Å². The van der Waals surface area contributed by atoms with Gasteiger partial charge in [0.1, 0.15) is 6.54 Å². The van der Waals surface area contributed by atoms with Crippen LogP contribution in [-0.2, 0) is 4.79 Å². The van der Waals surface area contributed by atoms with Gasteiger partial charge in [0.25, 0.3) is 0 Å². The van der Waals surface area contributed by atoms with E-state index in [1.807, 2.05) is 17.1 Å². The number of carbonyl (C=O) groups is 1. The molecule has 3 N–H and O–H groups in total. The lowest BCUT2D eigenvalue weighted by Gasteiger charge is -2.38. The van der Waals surface area contributed by atoms with Gasteiger partial charge in [0, 0.05) is 26.2 Å². The summed E-state index contributed by atoms with van der Waals surface area (Å²) in [6.45, 7) is 3.31. The molecule has 9 heteroatoms. The normalized spacial score (nSPS) is 19.2. The Labute approximate surface area is 127 Å². The van der Waals surface area contributed by atoms with Crippen LogP contribution in [0.4, 0.5) is 13.2 Å². The van der Waals surface area contributed by atoms with Crippen molar-refractivity contribution < 1.29 is 18.0 Å². The zero-order valence-corrected chi connectivity index (χ0v) is 12.8. The second kappa shape index (κ2) is 7.90. The molecule has 0 radical (unpaired) electrons. The molecule has 21 heavy (non-hydrogen) atoms. The van der Waals surface area contributed by atoms with Crippen LogP contribution in [0.25, 0.3) is 0 Å². The third-order valence-electron chi connectivity index (χ3n) is 3.42. The minimum atomic E-state index is -4.38. The summed E-state index contributed by atoms with van der Waals surface area (Å²) in [4.78, 5) is 15.9. The predicted octanol–water partition coefficient (Wildman–Crippen LogP) is 0.347. The van der Waals surface area contributed by atoms with Crippen LogP contribution in [0.3, 0.4) is 0 Å². The van der Waals surface area contributed by atoms with Gasteiger partial charge in [0.2, 0.25) is 5.91 Å². The molecule has 1 aliphatic rings. The lowest BCUT2D eigenvalue weighted by Crippen LogP contribution is -2.55. The molecule has 0 aromatic carbocycles. The molecule has 1 aliphatic heterocycles. The Kier molecular flexibility index (Phi) is 6.82. The highest BCUT2D eigenvalue weighted by Gasteiger charge is 2.29. The van der Waals surface area contributed by atoms with Gasteiger partial charge in [0.05, 0.1) is 17.6 Å². The number of nitrogens with zero attached hydrogens (tertiary/aromatic N) is 2. The van der Waals surface area contributed by atoms with Crippen molar-refractivity contribution in [2.45, 2.75) is 25.6 Å². The fraction of sp³-hybridized carbons (Fsp3) is 0.833. The maximum Gasteiger partial charge on any atom is 0.405 e. The van der Waals surface area contributed by atoms with E-state index in [4.69, 9.17) is 18.0 Å². The molecule has 0 bridgehead atoms. The molecule has 0 saturated carbocycles. The highest BCUT2D eigenvalue weighted by molar-refractivity contribution is 7.80. The molecule has 1 amide bonds. The second-order valence-electron chi connectivity index (χ2n) is 5.03. The molecule has 1 unspecified atom stereocenters. The molecule has 1 atom stereocenters. The van der Waals surface area contributed by atoms with Gasteiger partial charge in [0.15, 0.2) is 0 Å². The summed E-state index contributed by atoms with van der Waals surface area (Å²) >= 11 is 5.02. The largest absolute Gasteiger partial charge is 0.405 e. The van der Waals surface area contributed by atoms with Crippen molar-refractivity contribution in [2.75, 3.05) is 39.3 Å². The fourth-order valence-corrected chi connectivity index (χ4v) is 2.65. The van der Waals surface area contributed by atoms with Crippen LogP contribution in [0.1, 0.15) is 13.3 Å². The lowest BCUT2D eigenvalue weighted by atomic mass is 10.1. The Morgan fingerprint density at radius 2 is 1.90 bits per heavy atom. The van der Waals surface area contributed by atoms with Gasteiger partial charge in [-0.15, -0.1) is 0 Å². The van der Waals surface area contributed by atoms with Crippen molar-refractivity contribution in [1.29, 1.82) is 0 Å². The minimum Gasteiger partial charge on any atom is -0.392 e. The van der Waals surface area contributed by atoms with E-state index in [2.05, 4.69) is 4.90 Å². The van der Waals surface area contributed by atoms with Crippen molar-refractivity contribution >= 4 is 23.1 Å². The number of amides is 1. The van der Waals surface area contributed by atoms with Crippen molar-refractivity contribution in [3.8, 4) is 0 Å². The van der Waals surface area contributed by atoms with Gasteiger partial charge in [-0.25, -0.2) is 0 Å². The summed E-state index contributed by atoms with van der Waals surface area (Å²) in [5, 5.41) is 1.87. The third-order valence-corrected chi connectivity index (χ3v) is 3.69. The highest BCUT2D eigenvalue weighted by Crippen LogP contribution is 2.12. The van der Waals surface area contributed by atoms with Gasteiger partial charge in [-0.05, 0) is 6.42 Å². The molecule has 0 aromatic heterocycles. The first-order chi connectivity index (χ1) is 9.73. The number of hydrogen-bond acceptors (Lipinski definition) is 4. The molecule has 0 aromatic rings. The average Bonchev–Trinajstić information content (AvgIpc) is 2.38. The first-order valence-electron chi connectivity index (χ1n) is 6.82. The number of thiocarbonyl (C=S) groups is 1. The maximum absolute atomic E-state index is 12.0. The molecule has 5 nitrogen and oxygen atoms in total. The maximum atomic E-state index is 12.0. The van der Waals surface area contributed by atoms with Crippen molar-refractivity contribution in [1.82, 2.24) is 15.1 Å². The summed E-state index contributed by atoms with van der Waals surface area (Å²) in [5.41, 5.74) is 5.68. The zero-order chi connectivity index (χ0) is 16.0. The first kappa shape index (κ1) is 18.1. The second-order valence-corrected chi connectivity index (χ2v) is 5.50. The van der Waals surface area contributed by atoms with Crippen molar-refractivity contribution in [3.05, 3.63) is 0 Å². The molecule has 1 heterocycles. The van der Waals surface area contributed by atoms with E-state index in [1.165, 1.54) is 0 Å². The average molecular weight is 326 g/mol. The van der Waals surface area contributed by atoms with Crippen LogP contribution in [0.15, 0.2) is 0 Å². The van der Waals surface area contributed by atoms with E-state index in [1.54, 1.807) is 0 Å². The smallest absolute Gasteiger partial charge is 0.392 e. The first-order valence-corrected chi connectivity index (χ1v) is 7.23. The quantitative estimate of drug-likeness (QED) is 0.690. The Bertz CT molecular complexity index is 370. The summed E-state index contributed by atoms with van der Waals surface area (Å²) in [6.07, 6.45) is -3.55. The number of carbonyl (C=O) groups excluding carboxylic acids is 1. The van der Waals surface area contributed by atoms with Gasteiger partial charge < -0.3 is 11.1 Å². The molecule has 0 aliphatic carbocycles. The van der Waals surface area contributed by atoms with Crippen LogP contribution in [0, 0.1) is 0 Å². The van der Waals surface area contributed by atoms with Crippen LogP contribution in [0.2, 0.25) is 0 Å². The minimum absolute atomic E-state index is 0.0201. The fourth-order valence-electron chi connectivity index (χ4n) is 2.33. The van der Waals surface area contributed by atoms with E-state index in [0.717, 1.165) is 6.42 Å². The predicted molar refractivity (Wildman–Crippen MR) is 77.9 cm³/mol. The topological polar surface area (TPSA) is 61.6 Å². The summed E-state index contributed by atoms with van der Waals surface area (Å²) < 4.78 is 36.0. The standard InChI is InChI=1S/C12H21F3N4OS/c1-2-9(11(16)21)19-5-3-18(4-6-19)7-10(20)17-8-12(13,14)15/h9H,2-8H2,1H3,(H2,16,21)(H,17,20). The number of rotatable bonds is 6. The Hall–Kier alpha value is -0.930. The molecule has 1 rings (SSSR count). The highest BCUT2D eigenvalue weighted by atomic mass is 32.1. The molecule has 1 fully saturated rings. The Morgan fingerprint density at radius 1 is 1.33 bits per heavy atom. The lowest BCUT2D eigenvalue weighted by molar-refractivity contribution is -0.139. The van der Waals surface area contributed by atoms with Crippen molar-refractivity contribution in [2.24, 2.45) is 5.73 Å². The van der Waals surface area contributed by atoms with Gasteiger partial charge in [-0.2, -0.15) is 13.2 Å².